The lowest BCUT2D eigenvalue weighted by Gasteiger charge is -2.18. The molecule has 0 aliphatic rings. The van der Waals surface area contributed by atoms with Crippen LogP contribution in [0.25, 0.3) is 0 Å². The van der Waals surface area contributed by atoms with Gasteiger partial charge in [0.05, 0.1) is 6.61 Å². The lowest BCUT2D eigenvalue weighted by Crippen LogP contribution is -2.33. The van der Waals surface area contributed by atoms with Crippen LogP contribution in [-0.2, 0) is 0 Å². The van der Waals surface area contributed by atoms with Crippen LogP contribution in [0, 0.1) is 0 Å². The molecule has 0 atom stereocenters. The van der Waals surface area contributed by atoms with Gasteiger partial charge in [0.25, 0.3) is 0 Å². The lowest BCUT2D eigenvalue weighted by molar-refractivity contribution is 0.273. The fraction of sp³-hybridized carbons (Fsp3) is 0.455. The molecule has 3 N–H and O–H groups in total. The van der Waals surface area contributed by atoms with E-state index in [1.165, 1.54) is 0 Å². The molecule has 0 saturated heterocycles. The summed E-state index contributed by atoms with van der Waals surface area (Å²) in [6.45, 7) is 4.48. The van der Waals surface area contributed by atoms with Crippen molar-refractivity contribution in [2.45, 2.75) is 25.8 Å². The second kappa shape index (κ2) is 4.33. The summed E-state index contributed by atoms with van der Waals surface area (Å²) < 4.78 is 5.42. The summed E-state index contributed by atoms with van der Waals surface area (Å²) in [5.74, 6) is 0.892. The first-order valence-electron chi connectivity index (χ1n) is 4.68. The highest BCUT2D eigenvalue weighted by atomic mass is 16.5. The number of nitrogens with two attached hydrogens (primary N) is 1. The van der Waals surface area contributed by atoms with Gasteiger partial charge in [0.1, 0.15) is 11.5 Å². The van der Waals surface area contributed by atoms with Crippen molar-refractivity contribution in [3.63, 3.8) is 0 Å². The highest BCUT2D eigenvalue weighted by Gasteiger charge is 2.10. The maximum absolute atomic E-state index is 9.17. The Bertz CT molecular complexity index is 292. The van der Waals surface area contributed by atoms with Crippen molar-refractivity contribution in [2.24, 2.45) is 5.73 Å². The van der Waals surface area contributed by atoms with Crippen molar-refractivity contribution in [2.75, 3.05) is 6.61 Å². The van der Waals surface area contributed by atoms with Crippen LogP contribution < -0.4 is 10.5 Å². The topological polar surface area (TPSA) is 55.5 Å². The molecule has 0 unspecified atom stereocenters. The zero-order chi connectivity index (χ0) is 10.6. The molecular formula is C11H17NO2. The van der Waals surface area contributed by atoms with Gasteiger partial charge in [-0.25, -0.2) is 0 Å². The predicted molar refractivity (Wildman–Crippen MR) is 56.5 cm³/mol. The van der Waals surface area contributed by atoms with E-state index < -0.39 is 0 Å². The third-order valence-corrected chi connectivity index (χ3v) is 1.83. The first-order chi connectivity index (χ1) is 6.47. The molecule has 0 aromatic heterocycles. The Labute approximate surface area is 84.5 Å². The summed E-state index contributed by atoms with van der Waals surface area (Å²) in [4.78, 5) is 0. The molecule has 0 aliphatic carbocycles. The van der Waals surface area contributed by atoms with Gasteiger partial charge < -0.3 is 15.6 Å². The minimum Gasteiger partial charge on any atom is -0.508 e. The van der Waals surface area contributed by atoms with E-state index in [9.17, 15) is 0 Å². The van der Waals surface area contributed by atoms with Gasteiger partial charge in [0.2, 0.25) is 0 Å². The number of phenols is 1. The second-order valence-corrected chi connectivity index (χ2v) is 4.08. The predicted octanol–water partition coefficient (Wildman–Crippen LogP) is 1.90. The average Bonchev–Trinajstić information content (AvgIpc) is 2.01. The number of hydrogen-bond acceptors (Lipinski definition) is 3. The number of phenolic OH excluding ortho intramolecular Hbond substituents is 1. The molecule has 14 heavy (non-hydrogen) atoms. The third-order valence-electron chi connectivity index (χ3n) is 1.83. The van der Waals surface area contributed by atoms with Crippen LogP contribution in [0.2, 0.25) is 0 Å². The van der Waals surface area contributed by atoms with Gasteiger partial charge in [-0.2, -0.15) is 0 Å². The molecule has 3 heteroatoms. The fourth-order valence-corrected chi connectivity index (χ4v) is 1.01. The molecule has 0 aliphatic heterocycles. The van der Waals surface area contributed by atoms with Crippen LogP contribution in [0.5, 0.6) is 11.5 Å². The van der Waals surface area contributed by atoms with Crippen LogP contribution in [0.3, 0.4) is 0 Å². The Morgan fingerprint density at radius 3 is 2.71 bits per heavy atom. The van der Waals surface area contributed by atoms with E-state index in [0.717, 1.165) is 6.42 Å². The van der Waals surface area contributed by atoms with E-state index in [0.29, 0.717) is 12.4 Å². The molecule has 1 aromatic rings. The molecule has 0 saturated carbocycles. The third kappa shape index (κ3) is 4.14. The number of aromatic hydroxyl groups is 1. The number of hydrogen-bond donors (Lipinski definition) is 2. The maximum atomic E-state index is 9.17. The van der Waals surface area contributed by atoms with E-state index >= 15 is 0 Å². The van der Waals surface area contributed by atoms with Crippen molar-refractivity contribution < 1.29 is 9.84 Å². The maximum Gasteiger partial charge on any atom is 0.122 e. The summed E-state index contributed by atoms with van der Waals surface area (Å²) >= 11 is 0. The molecular weight excluding hydrogens is 178 g/mol. The molecule has 0 amide bonds. The summed E-state index contributed by atoms with van der Waals surface area (Å²) in [6, 6.07) is 6.75. The molecule has 0 radical (unpaired) electrons. The zero-order valence-corrected chi connectivity index (χ0v) is 8.66. The van der Waals surface area contributed by atoms with E-state index in [2.05, 4.69) is 0 Å². The van der Waals surface area contributed by atoms with Gasteiger partial charge in [0, 0.05) is 11.6 Å². The van der Waals surface area contributed by atoms with E-state index in [1.54, 1.807) is 18.2 Å². The monoisotopic (exact) mass is 195 g/mol. The van der Waals surface area contributed by atoms with Crippen molar-refractivity contribution in [3.05, 3.63) is 24.3 Å². The standard InChI is InChI=1S/C11H17NO2/c1-11(2,12)6-7-14-10-5-3-4-9(13)8-10/h3-5,8,13H,6-7,12H2,1-2H3. The summed E-state index contributed by atoms with van der Waals surface area (Å²) in [5, 5.41) is 9.17. The van der Waals surface area contributed by atoms with Gasteiger partial charge in [0.15, 0.2) is 0 Å². The number of rotatable bonds is 4. The van der Waals surface area contributed by atoms with Crippen molar-refractivity contribution in [3.8, 4) is 11.5 Å². The minimum atomic E-state index is -0.211. The highest BCUT2D eigenvalue weighted by Crippen LogP contribution is 2.18. The molecule has 0 fully saturated rings. The molecule has 3 nitrogen and oxygen atoms in total. The molecule has 1 rings (SSSR count). The molecule has 78 valence electrons. The lowest BCUT2D eigenvalue weighted by atomic mass is 10.0. The smallest absolute Gasteiger partial charge is 0.122 e. The minimum absolute atomic E-state index is 0.211. The molecule has 0 heterocycles. The van der Waals surface area contributed by atoms with E-state index in [-0.39, 0.29) is 11.3 Å². The van der Waals surface area contributed by atoms with Gasteiger partial charge in [-0.05, 0) is 32.4 Å². The summed E-state index contributed by atoms with van der Waals surface area (Å²) in [6.07, 6.45) is 0.780. The Hall–Kier alpha value is -1.22. The van der Waals surface area contributed by atoms with Crippen molar-refractivity contribution in [1.82, 2.24) is 0 Å². The molecule has 1 aromatic carbocycles. The van der Waals surface area contributed by atoms with Crippen LogP contribution in [-0.4, -0.2) is 17.3 Å². The van der Waals surface area contributed by atoms with Crippen molar-refractivity contribution >= 4 is 0 Å². The first kappa shape index (κ1) is 10.9. The average molecular weight is 195 g/mol. The fourth-order valence-electron chi connectivity index (χ4n) is 1.01. The molecule has 0 bridgehead atoms. The Kier molecular flexibility index (Phi) is 3.36. The van der Waals surface area contributed by atoms with Gasteiger partial charge in [-0.15, -0.1) is 0 Å². The van der Waals surface area contributed by atoms with Crippen LogP contribution in [0.4, 0.5) is 0 Å². The SMILES string of the molecule is CC(C)(N)CCOc1cccc(O)c1. The Morgan fingerprint density at radius 2 is 2.14 bits per heavy atom. The quantitative estimate of drug-likeness (QED) is 0.771. The van der Waals surface area contributed by atoms with Gasteiger partial charge in [-0.1, -0.05) is 6.07 Å². The summed E-state index contributed by atoms with van der Waals surface area (Å²) in [7, 11) is 0. The number of benzene rings is 1. The second-order valence-electron chi connectivity index (χ2n) is 4.08. The zero-order valence-electron chi connectivity index (χ0n) is 8.66. The Morgan fingerprint density at radius 1 is 1.43 bits per heavy atom. The normalized spacial score (nSPS) is 11.4. The first-order valence-corrected chi connectivity index (χ1v) is 4.68. The van der Waals surface area contributed by atoms with E-state index in [1.807, 2.05) is 19.9 Å². The number of ether oxygens (including phenoxy) is 1. The van der Waals surface area contributed by atoms with Crippen LogP contribution >= 0.6 is 0 Å². The largest absolute Gasteiger partial charge is 0.508 e. The van der Waals surface area contributed by atoms with Crippen LogP contribution in [0.1, 0.15) is 20.3 Å². The van der Waals surface area contributed by atoms with Crippen molar-refractivity contribution in [1.29, 1.82) is 0 Å². The molecule has 0 spiro atoms. The van der Waals surface area contributed by atoms with E-state index in [4.69, 9.17) is 15.6 Å². The van der Waals surface area contributed by atoms with Gasteiger partial charge in [-0.3, -0.25) is 0 Å². The Balaban J connectivity index is 2.39. The highest BCUT2D eigenvalue weighted by molar-refractivity contribution is 5.31. The van der Waals surface area contributed by atoms with Crippen LogP contribution in [0.15, 0.2) is 24.3 Å². The summed E-state index contributed by atoms with van der Waals surface area (Å²) in [5.41, 5.74) is 5.59. The van der Waals surface area contributed by atoms with Gasteiger partial charge >= 0.3 is 0 Å².